The first-order valence-corrected chi connectivity index (χ1v) is 7.58. The van der Waals surface area contributed by atoms with Gasteiger partial charge in [-0.2, -0.15) is 13.2 Å². The first-order chi connectivity index (χ1) is 10.8. The van der Waals surface area contributed by atoms with Gasteiger partial charge in [0, 0.05) is 25.8 Å². The van der Waals surface area contributed by atoms with Gasteiger partial charge in [0.25, 0.3) is 0 Å². The van der Waals surface area contributed by atoms with Gasteiger partial charge < -0.3 is 15.3 Å². The zero-order chi connectivity index (χ0) is 16.7. The second-order valence-corrected chi connectivity index (χ2v) is 6.11. The summed E-state index contributed by atoms with van der Waals surface area (Å²) in [5.41, 5.74) is -1.88. The predicted octanol–water partition coefficient (Wildman–Crippen LogP) is 1.57. The Kier molecular flexibility index (Phi) is 3.95. The Morgan fingerprint density at radius 1 is 1.43 bits per heavy atom. The molecule has 2 fully saturated rings. The van der Waals surface area contributed by atoms with Gasteiger partial charge >= 0.3 is 6.18 Å². The Balaban J connectivity index is 1.95. The summed E-state index contributed by atoms with van der Waals surface area (Å²) in [6.07, 6.45) is -2.65. The third kappa shape index (κ3) is 2.75. The van der Waals surface area contributed by atoms with Crippen LogP contribution in [0.25, 0.3) is 0 Å². The molecule has 2 atom stereocenters. The van der Waals surface area contributed by atoms with Crippen LogP contribution in [0.5, 0.6) is 0 Å². The summed E-state index contributed by atoms with van der Waals surface area (Å²) in [7, 11) is 0. The largest absolute Gasteiger partial charge is 0.419 e. The van der Waals surface area contributed by atoms with Crippen LogP contribution in [0.15, 0.2) is 18.3 Å². The van der Waals surface area contributed by atoms with Crippen molar-refractivity contribution in [3.05, 3.63) is 23.9 Å². The van der Waals surface area contributed by atoms with Crippen LogP contribution in [0, 0.1) is 5.41 Å². The summed E-state index contributed by atoms with van der Waals surface area (Å²) >= 11 is 0. The standard InChI is InChI=1S/C15H18F3N3O2/c16-15(17,18)10-3-1-6-19-12(10)21-8-4-11(22)14(9-21)5-2-7-20-13(14)23/h1,3,6,11,22H,2,4-5,7-9H2,(H,20,23)/t11-,14-/m1/s1. The van der Waals surface area contributed by atoms with Gasteiger partial charge in [0.2, 0.25) is 5.91 Å². The quantitative estimate of drug-likeness (QED) is 0.821. The van der Waals surface area contributed by atoms with Crippen LogP contribution in [0.4, 0.5) is 19.0 Å². The van der Waals surface area contributed by atoms with E-state index >= 15 is 0 Å². The molecule has 126 valence electrons. The molecule has 2 aliphatic heterocycles. The molecule has 8 heteroatoms. The number of aliphatic hydroxyl groups excluding tert-OH is 1. The van der Waals surface area contributed by atoms with Crippen molar-refractivity contribution < 1.29 is 23.1 Å². The van der Waals surface area contributed by atoms with E-state index in [4.69, 9.17) is 0 Å². The number of anilines is 1. The molecule has 1 spiro atoms. The van der Waals surface area contributed by atoms with E-state index in [2.05, 4.69) is 10.3 Å². The number of aliphatic hydroxyl groups is 1. The van der Waals surface area contributed by atoms with E-state index in [1.807, 2.05) is 0 Å². The Morgan fingerprint density at radius 3 is 2.91 bits per heavy atom. The first-order valence-electron chi connectivity index (χ1n) is 7.58. The monoisotopic (exact) mass is 329 g/mol. The maximum Gasteiger partial charge on any atom is 0.419 e. The number of aromatic nitrogens is 1. The second-order valence-electron chi connectivity index (χ2n) is 6.11. The van der Waals surface area contributed by atoms with E-state index in [1.165, 1.54) is 17.2 Å². The van der Waals surface area contributed by atoms with Gasteiger partial charge in [-0.3, -0.25) is 4.79 Å². The predicted molar refractivity (Wildman–Crippen MR) is 76.8 cm³/mol. The number of piperidine rings is 2. The molecule has 0 bridgehead atoms. The van der Waals surface area contributed by atoms with Gasteiger partial charge in [0.15, 0.2) is 0 Å². The fraction of sp³-hybridized carbons (Fsp3) is 0.600. The smallest absolute Gasteiger partial charge is 0.392 e. The molecular weight excluding hydrogens is 311 g/mol. The normalized spacial score (nSPS) is 28.8. The third-order valence-corrected chi connectivity index (χ3v) is 4.71. The minimum Gasteiger partial charge on any atom is -0.392 e. The molecule has 0 aliphatic carbocycles. The highest BCUT2D eigenvalue weighted by Gasteiger charge is 2.51. The molecule has 3 heterocycles. The fourth-order valence-corrected chi connectivity index (χ4v) is 3.49. The molecular formula is C15H18F3N3O2. The number of nitrogens with one attached hydrogen (secondary N) is 1. The van der Waals surface area contributed by atoms with E-state index in [1.54, 1.807) is 0 Å². The Hall–Kier alpha value is -1.83. The molecule has 2 N–H and O–H groups in total. The van der Waals surface area contributed by atoms with Crippen LogP contribution in [0.2, 0.25) is 0 Å². The van der Waals surface area contributed by atoms with Crippen molar-refractivity contribution in [2.75, 3.05) is 24.5 Å². The van der Waals surface area contributed by atoms with Gasteiger partial charge in [-0.15, -0.1) is 0 Å². The van der Waals surface area contributed by atoms with Gasteiger partial charge in [0.05, 0.1) is 17.1 Å². The molecule has 1 aromatic heterocycles. The third-order valence-electron chi connectivity index (χ3n) is 4.71. The zero-order valence-electron chi connectivity index (χ0n) is 12.4. The van der Waals surface area contributed by atoms with Crippen molar-refractivity contribution in [1.82, 2.24) is 10.3 Å². The van der Waals surface area contributed by atoms with Crippen molar-refractivity contribution in [1.29, 1.82) is 0 Å². The highest BCUT2D eigenvalue weighted by atomic mass is 19.4. The lowest BCUT2D eigenvalue weighted by Crippen LogP contribution is -2.61. The van der Waals surface area contributed by atoms with E-state index < -0.39 is 23.3 Å². The average Bonchev–Trinajstić information content (AvgIpc) is 2.52. The summed E-state index contributed by atoms with van der Waals surface area (Å²) in [5, 5.41) is 13.0. The minimum atomic E-state index is -4.51. The number of hydrogen-bond acceptors (Lipinski definition) is 4. The highest BCUT2D eigenvalue weighted by molar-refractivity contribution is 5.85. The number of pyridine rings is 1. The molecule has 0 saturated carbocycles. The Morgan fingerprint density at radius 2 is 2.22 bits per heavy atom. The lowest BCUT2D eigenvalue weighted by molar-refractivity contribution is -0.142. The summed E-state index contributed by atoms with van der Waals surface area (Å²) in [4.78, 5) is 17.7. The molecule has 3 rings (SSSR count). The number of carbonyl (C=O) groups is 1. The first kappa shape index (κ1) is 16.0. The number of nitrogens with zero attached hydrogens (tertiary/aromatic N) is 2. The number of rotatable bonds is 1. The van der Waals surface area contributed by atoms with Crippen molar-refractivity contribution >= 4 is 11.7 Å². The molecule has 2 aliphatic rings. The highest BCUT2D eigenvalue weighted by Crippen LogP contribution is 2.41. The molecule has 23 heavy (non-hydrogen) atoms. The topological polar surface area (TPSA) is 65.5 Å². The SMILES string of the molecule is O=C1NCCC[C@]12CN(c1ncccc1C(F)(F)F)CC[C@H]2O. The molecule has 1 aromatic rings. The van der Waals surface area contributed by atoms with Crippen LogP contribution in [0.3, 0.4) is 0 Å². The van der Waals surface area contributed by atoms with Gasteiger partial charge in [0.1, 0.15) is 5.82 Å². The van der Waals surface area contributed by atoms with Gasteiger partial charge in [-0.25, -0.2) is 4.98 Å². The average molecular weight is 329 g/mol. The number of alkyl halides is 3. The molecule has 5 nitrogen and oxygen atoms in total. The second kappa shape index (κ2) is 5.67. The number of amides is 1. The molecule has 0 aromatic carbocycles. The van der Waals surface area contributed by atoms with Crippen LogP contribution in [-0.2, 0) is 11.0 Å². The number of halogens is 3. The van der Waals surface area contributed by atoms with Crippen molar-refractivity contribution in [2.24, 2.45) is 5.41 Å². The lowest BCUT2D eigenvalue weighted by Gasteiger charge is -2.47. The van der Waals surface area contributed by atoms with Crippen LogP contribution in [0.1, 0.15) is 24.8 Å². The van der Waals surface area contributed by atoms with Crippen LogP contribution in [-0.4, -0.2) is 41.7 Å². The van der Waals surface area contributed by atoms with Crippen LogP contribution < -0.4 is 10.2 Å². The molecule has 0 radical (unpaired) electrons. The maximum absolute atomic E-state index is 13.2. The summed E-state index contributed by atoms with van der Waals surface area (Å²) in [6, 6.07) is 2.23. The Bertz CT molecular complexity index is 608. The maximum atomic E-state index is 13.2. The lowest BCUT2D eigenvalue weighted by atomic mass is 9.71. The Labute approximate surface area is 131 Å². The zero-order valence-corrected chi connectivity index (χ0v) is 12.4. The minimum absolute atomic E-state index is 0.0418. The van der Waals surface area contributed by atoms with Crippen molar-refractivity contribution in [3.8, 4) is 0 Å². The van der Waals surface area contributed by atoms with Gasteiger partial charge in [-0.05, 0) is 31.4 Å². The summed E-state index contributed by atoms with van der Waals surface area (Å²) in [5.74, 6) is -0.463. The summed E-state index contributed by atoms with van der Waals surface area (Å²) < 4.78 is 39.6. The van der Waals surface area contributed by atoms with E-state index in [0.29, 0.717) is 19.4 Å². The molecule has 0 unspecified atom stereocenters. The fourth-order valence-electron chi connectivity index (χ4n) is 3.49. The number of hydrogen-bond donors (Lipinski definition) is 2. The summed E-state index contributed by atoms with van der Waals surface area (Å²) in [6.45, 7) is 0.807. The molecule has 2 saturated heterocycles. The van der Waals surface area contributed by atoms with Gasteiger partial charge in [-0.1, -0.05) is 0 Å². The van der Waals surface area contributed by atoms with Crippen molar-refractivity contribution in [2.45, 2.75) is 31.5 Å². The van der Waals surface area contributed by atoms with Crippen LogP contribution >= 0.6 is 0 Å². The molecule has 1 amide bonds. The van der Waals surface area contributed by atoms with E-state index in [-0.39, 0.29) is 31.2 Å². The van der Waals surface area contributed by atoms with E-state index in [0.717, 1.165) is 6.07 Å². The number of carbonyl (C=O) groups excluding carboxylic acids is 1. The van der Waals surface area contributed by atoms with Crippen molar-refractivity contribution in [3.63, 3.8) is 0 Å². The van der Waals surface area contributed by atoms with E-state index in [9.17, 15) is 23.1 Å².